The molecule has 3 aliphatic heterocycles. The molecule has 0 amide bonds. The van der Waals surface area contributed by atoms with E-state index in [1.807, 2.05) is 12.3 Å². The van der Waals surface area contributed by atoms with Gasteiger partial charge in [0.15, 0.2) is 0 Å². The molecular weight excluding hydrogens is 735 g/mol. The van der Waals surface area contributed by atoms with E-state index >= 15 is 0 Å². The second kappa shape index (κ2) is 12.9. The Hall–Kier alpha value is -6.79. The van der Waals surface area contributed by atoms with Gasteiger partial charge in [-0.3, -0.25) is 4.57 Å². The minimum Gasteiger partial charge on any atom is -0.457 e. The quantitative estimate of drug-likeness (QED) is 0.174. The van der Waals surface area contributed by atoms with Crippen LogP contribution in [0.1, 0.15) is 76.3 Å². The lowest BCUT2D eigenvalue weighted by Crippen LogP contribution is -2.38. The Balaban J connectivity index is 0.918. The highest BCUT2D eigenvalue weighted by Gasteiger charge is 2.46. The summed E-state index contributed by atoms with van der Waals surface area (Å²) in [5.41, 5.74) is 14.6. The minimum atomic E-state index is -0.186. The molecule has 3 aliphatic rings. The van der Waals surface area contributed by atoms with E-state index in [0.717, 1.165) is 34.0 Å². The molecular formula is C54H49N5O. The summed E-state index contributed by atoms with van der Waals surface area (Å²) in [6, 6.07) is 50.4. The first-order valence-corrected chi connectivity index (χ1v) is 21.1. The SMILES string of the molecule is CC(C)(C)c1ccnc(-n2c3ccccc3c3ccc(Oc4cccc(N5C=CN(c6cc7c8c(c6)C(C)(C)c6ccccc6N8c6ccccc6C7(C)C)C5)c4)cc32)c1. The van der Waals surface area contributed by atoms with Crippen LogP contribution in [-0.4, -0.2) is 16.2 Å². The number of aromatic nitrogens is 2. The summed E-state index contributed by atoms with van der Waals surface area (Å²) >= 11 is 0. The lowest BCUT2D eigenvalue weighted by Gasteiger charge is -2.49. The lowest BCUT2D eigenvalue weighted by molar-refractivity contribution is 0.483. The average Bonchev–Trinajstić information content (AvgIpc) is 3.87. The van der Waals surface area contributed by atoms with E-state index in [2.05, 4.69) is 214 Å². The van der Waals surface area contributed by atoms with Crippen molar-refractivity contribution < 1.29 is 4.74 Å². The van der Waals surface area contributed by atoms with E-state index in [0.29, 0.717) is 6.67 Å². The molecule has 0 saturated carbocycles. The summed E-state index contributed by atoms with van der Waals surface area (Å²) in [6.07, 6.45) is 6.31. The molecule has 60 heavy (non-hydrogen) atoms. The minimum absolute atomic E-state index is 0.00338. The maximum Gasteiger partial charge on any atom is 0.137 e. The molecule has 6 aromatic carbocycles. The smallest absolute Gasteiger partial charge is 0.137 e. The number of hydrogen-bond donors (Lipinski definition) is 0. The molecule has 0 fully saturated rings. The highest BCUT2D eigenvalue weighted by molar-refractivity contribution is 6.09. The normalized spacial score (nSPS) is 15.9. The van der Waals surface area contributed by atoms with E-state index in [4.69, 9.17) is 9.72 Å². The van der Waals surface area contributed by atoms with Gasteiger partial charge in [-0.05, 0) is 100.0 Å². The van der Waals surface area contributed by atoms with Gasteiger partial charge >= 0.3 is 0 Å². The third-order valence-corrected chi connectivity index (χ3v) is 13.2. The number of pyridine rings is 1. The van der Waals surface area contributed by atoms with Crippen molar-refractivity contribution in [3.8, 4) is 17.3 Å². The van der Waals surface area contributed by atoms with Gasteiger partial charge < -0.3 is 19.4 Å². The Morgan fingerprint density at radius 1 is 0.550 bits per heavy atom. The van der Waals surface area contributed by atoms with E-state index in [1.54, 1.807) is 0 Å². The van der Waals surface area contributed by atoms with Gasteiger partial charge in [0.2, 0.25) is 0 Å². The number of anilines is 5. The third-order valence-electron chi connectivity index (χ3n) is 13.2. The molecule has 11 rings (SSSR count). The highest BCUT2D eigenvalue weighted by Crippen LogP contribution is 2.60. The Bertz CT molecular complexity index is 2990. The van der Waals surface area contributed by atoms with Gasteiger partial charge in [-0.15, -0.1) is 0 Å². The Morgan fingerprint density at radius 2 is 1.17 bits per heavy atom. The Labute approximate surface area is 352 Å². The fourth-order valence-corrected chi connectivity index (χ4v) is 9.92. The first kappa shape index (κ1) is 36.3. The molecule has 0 atom stereocenters. The molecule has 0 unspecified atom stereocenters. The fraction of sp³-hybridized carbons (Fsp3) is 0.204. The molecule has 0 N–H and O–H groups in total. The summed E-state index contributed by atoms with van der Waals surface area (Å²) in [6.45, 7) is 16.9. The second-order valence-corrected chi connectivity index (χ2v) is 18.7. The van der Waals surface area contributed by atoms with Crippen LogP contribution in [0.5, 0.6) is 11.5 Å². The molecule has 5 heterocycles. The van der Waals surface area contributed by atoms with Crippen LogP contribution in [0.3, 0.4) is 0 Å². The highest BCUT2D eigenvalue weighted by atomic mass is 16.5. The van der Waals surface area contributed by atoms with Crippen molar-refractivity contribution in [2.75, 3.05) is 21.4 Å². The van der Waals surface area contributed by atoms with Gasteiger partial charge in [0, 0.05) is 63.7 Å². The zero-order valence-corrected chi connectivity index (χ0v) is 35.4. The molecule has 296 valence electrons. The van der Waals surface area contributed by atoms with Crippen molar-refractivity contribution in [1.29, 1.82) is 0 Å². The molecule has 0 saturated heterocycles. The standard InChI is InChI=1S/C54H49N5O/c1-52(2,3)35-25-26-55-50(29-35)58-46-20-11-8-17-40(46)41-24-23-39(33-49(41)58)60-38-16-14-15-36(30-38)56-27-28-57(34-56)37-31-44-51-45(32-37)54(6,7)43-19-10-13-22-48(43)59(51)47-21-12-9-18-42(47)53(44,4)5/h8-33H,34H2,1-7H3. The summed E-state index contributed by atoms with van der Waals surface area (Å²) in [5.74, 6) is 2.47. The van der Waals surface area contributed by atoms with Crippen LogP contribution in [-0.2, 0) is 16.2 Å². The molecule has 6 nitrogen and oxygen atoms in total. The fourth-order valence-electron chi connectivity index (χ4n) is 9.92. The van der Waals surface area contributed by atoms with Crippen LogP contribution in [0.15, 0.2) is 158 Å². The average molecular weight is 784 g/mol. The van der Waals surface area contributed by atoms with Gasteiger partial charge in [-0.25, -0.2) is 4.98 Å². The van der Waals surface area contributed by atoms with E-state index in [9.17, 15) is 0 Å². The zero-order chi connectivity index (χ0) is 41.1. The maximum absolute atomic E-state index is 6.67. The molecule has 0 radical (unpaired) electrons. The van der Waals surface area contributed by atoms with Gasteiger partial charge in [0.05, 0.1) is 34.8 Å². The summed E-state index contributed by atoms with van der Waals surface area (Å²) in [5, 5.41) is 2.36. The van der Waals surface area contributed by atoms with Crippen molar-refractivity contribution in [3.05, 3.63) is 186 Å². The van der Waals surface area contributed by atoms with Crippen molar-refractivity contribution in [3.63, 3.8) is 0 Å². The van der Waals surface area contributed by atoms with Crippen molar-refractivity contribution in [2.45, 2.75) is 64.7 Å². The van der Waals surface area contributed by atoms with Crippen LogP contribution < -0.4 is 19.4 Å². The van der Waals surface area contributed by atoms with Gasteiger partial charge in [0.25, 0.3) is 0 Å². The molecule has 6 heteroatoms. The largest absolute Gasteiger partial charge is 0.457 e. The Morgan fingerprint density at radius 3 is 1.87 bits per heavy atom. The number of rotatable bonds is 5. The number of para-hydroxylation sites is 3. The van der Waals surface area contributed by atoms with Crippen molar-refractivity contribution >= 4 is 50.2 Å². The first-order valence-electron chi connectivity index (χ1n) is 21.1. The van der Waals surface area contributed by atoms with E-state index in [-0.39, 0.29) is 16.2 Å². The Kier molecular flexibility index (Phi) is 7.78. The second-order valence-electron chi connectivity index (χ2n) is 18.7. The van der Waals surface area contributed by atoms with Gasteiger partial charge in [0.1, 0.15) is 17.3 Å². The molecule has 0 bridgehead atoms. The molecule has 0 spiro atoms. The predicted molar refractivity (Wildman–Crippen MR) is 248 cm³/mol. The maximum atomic E-state index is 6.67. The third kappa shape index (κ3) is 5.43. The van der Waals surface area contributed by atoms with Gasteiger partial charge in [-0.2, -0.15) is 0 Å². The van der Waals surface area contributed by atoms with Crippen LogP contribution in [0.4, 0.5) is 28.4 Å². The van der Waals surface area contributed by atoms with Crippen LogP contribution in [0, 0.1) is 0 Å². The van der Waals surface area contributed by atoms with Crippen LogP contribution in [0.2, 0.25) is 0 Å². The topological polar surface area (TPSA) is 36.8 Å². The summed E-state index contributed by atoms with van der Waals surface area (Å²) in [4.78, 5) is 12.0. The van der Waals surface area contributed by atoms with Crippen LogP contribution in [0.25, 0.3) is 27.6 Å². The molecule has 0 aliphatic carbocycles. The van der Waals surface area contributed by atoms with Crippen molar-refractivity contribution in [1.82, 2.24) is 9.55 Å². The number of ether oxygens (including phenoxy) is 1. The van der Waals surface area contributed by atoms with E-state index < -0.39 is 0 Å². The van der Waals surface area contributed by atoms with E-state index in [1.165, 1.54) is 61.3 Å². The number of fused-ring (bicyclic) bond motifs is 7. The summed E-state index contributed by atoms with van der Waals surface area (Å²) < 4.78 is 8.94. The lowest BCUT2D eigenvalue weighted by atomic mass is 9.66. The number of benzene rings is 6. The summed E-state index contributed by atoms with van der Waals surface area (Å²) in [7, 11) is 0. The van der Waals surface area contributed by atoms with Crippen LogP contribution >= 0.6 is 0 Å². The van der Waals surface area contributed by atoms with Crippen molar-refractivity contribution in [2.24, 2.45) is 0 Å². The molecule has 8 aromatic rings. The number of hydrogen-bond acceptors (Lipinski definition) is 5. The van der Waals surface area contributed by atoms with Gasteiger partial charge in [-0.1, -0.05) is 109 Å². The molecule has 2 aromatic heterocycles. The number of nitrogens with zero attached hydrogens (tertiary/aromatic N) is 5. The zero-order valence-electron chi connectivity index (χ0n) is 35.4. The predicted octanol–water partition coefficient (Wildman–Crippen LogP) is 13.8. The first-order chi connectivity index (χ1) is 28.9. The monoisotopic (exact) mass is 783 g/mol.